The fourth-order valence-electron chi connectivity index (χ4n) is 2.65. The molecule has 0 saturated carbocycles. The van der Waals surface area contributed by atoms with E-state index in [9.17, 15) is 4.79 Å². The molecule has 1 N–H and O–H groups in total. The largest absolute Gasteiger partial charge is 0.339 e. The average Bonchev–Trinajstić information content (AvgIpc) is 3.37. The van der Waals surface area contributed by atoms with Crippen LogP contribution < -0.4 is 5.32 Å². The van der Waals surface area contributed by atoms with Crippen LogP contribution in [0.1, 0.15) is 21.8 Å². The van der Waals surface area contributed by atoms with Gasteiger partial charge in [-0.2, -0.15) is 4.98 Å². The van der Waals surface area contributed by atoms with Gasteiger partial charge in [0.2, 0.25) is 11.7 Å². The van der Waals surface area contributed by atoms with E-state index in [2.05, 4.69) is 15.5 Å². The maximum atomic E-state index is 12.6. The van der Waals surface area contributed by atoms with Gasteiger partial charge in [-0.3, -0.25) is 4.79 Å². The first-order chi connectivity index (χ1) is 13.6. The van der Waals surface area contributed by atoms with Gasteiger partial charge in [-0.25, -0.2) is 0 Å². The number of para-hydroxylation sites is 1. The molecule has 5 nitrogen and oxygen atoms in total. The fourth-order valence-corrected chi connectivity index (χ4v) is 3.68. The number of thiophene rings is 1. The second-order valence-corrected chi connectivity index (χ2v) is 7.69. The second kappa shape index (κ2) is 8.14. The average molecular weight is 430 g/mol. The lowest BCUT2D eigenvalue weighted by Crippen LogP contribution is -2.14. The number of anilines is 1. The number of rotatable bonds is 5. The fraction of sp³-hybridized carbons (Fsp3) is 0.0500. The van der Waals surface area contributed by atoms with E-state index < -0.39 is 0 Å². The predicted octanol–water partition coefficient (Wildman–Crippen LogP) is 5.95. The Bertz CT molecular complexity index is 1130. The van der Waals surface area contributed by atoms with Crippen LogP contribution in [0, 0.1) is 0 Å². The minimum Gasteiger partial charge on any atom is -0.339 e. The molecule has 0 saturated heterocycles. The van der Waals surface area contributed by atoms with Crippen LogP contribution in [-0.4, -0.2) is 16.0 Å². The van der Waals surface area contributed by atoms with Gasteiger partial charge in [0.05, 0.1) is 21.9 Å². The Hall–Kier alpha value is -2.67. The van der Waals surface area contributed by atoms with Crippen molar-refractivity contribution in [1.82, 2.24) is 10.1 Å². The van der Waals surface area contributed by atoms with Crippen LogP contribution in [0.25, 0.3) is 10.7 Å². The summed E-state index contributed by atoms with van der Waals surface area (Å²) in [5, 5.41) is 9.62. The highest BCUT2D eigenvalue weighted by Gasteiger charge is 2.15. The Labute approximate surface area is 174 Å². The Balaban J connectivity index is 1.56. The Kier molecular flexibility index (Phi) is 5.43. The van der Waals surface area contributed by atoms with Crippen LogP contribution in [0.2, 0.25) is 10.0 Å². The zero-order chi connectivity index (χ0) is 19.5. The van der Waals surface area contributed by atoms with Crippen molar-refractivity contribution in [3.8, 4) is 10.7 Å². The van der Waals surface area contributed by atoms with Gasteiger partial charge >= 0.3 is 0 Å². The Morgan fingerprint density at radius 1 is 1.11 bits per heavy atom. The molecule has 1 amide bonds. The molecule has 140 valence electrons. The van der Waals surface area contributed by atoms with Gasteiger partial charge in [0.1, 0.15) is 0 Å². The third-order valence-electron chi connectivity index (χ3n) is 3.99. The lowest BCUT2D eigenvalue weighted by Gasteiger charge is -2.11. The lowest BCUT2D eigenvalue weighted by molar-refractivity contribution is 0.102. The third kappa shape index (κ3) is 4.09. The van der Waals surface area contributed by atoms with E-state index >= 15 is 0 Å². The lowest BCUT2D eigenvalue weighted by atomic mass is 10.1. The summed E-state index contributed by atoms with van der Waals surface area (Å²) >= 11 is 13.7. The van der Waals surface area contributed by atoms with E-state index in [4.69, 9.17) is 27.7 Å². The van der Waals surface area contributed by atoms with Crippen LogP contribution in [0.3, 0.4) is 0 Å². The van der Waals surface area contributed by atoms with E-state index in [0.29, 0.717) is 39.4 Å². The molecule has 0 bridgehead atoms. The van der Waals surface area contributed by atoms with Crippen molar-refractivity contribution in [2.75, 3.05) is 5.32 Å². The summed E-state index contributed by atoms with van der Waals surface area (Å²) in [5.74, 6) is 0.674. The first kappa shape index (κ1) is 18.7. The number of hydrogen-bond donors (Lipinski definition) is 1. The third-order valence-corrected chi connectivity index (χ3v) is 5.42. The topological polar surface area (TPSA) is 68.0 Å². The van der Waals surface area contributed by atoms with Crippen LogP contribution in [0.4, 0.5) is 5.69 Å². The minimum absolute atomic E-state index is 0.307. The van der Waals surface area contributed by atoms with E-state index in [1.54, 1.807) is 23.5 Å². The number of aromatic nitrogens is 2. The molecular formula is C20H13Cl2N3O2S. The molecule has 28 heavy (non-hydrogen) atoms. The molecule has 0 aliphatic carbocycles. The van der Waals surface area contributed by atoms with Crippen molar-refractivity contribution in [3.05, 3.63) is 87.0 Å². The summed E-state index contributed by atoms with van der Waals surface area (Å²) in [6.07, 6.45) is 0.387. The summed E-state index contributed by atoms with van der Waals surface area (Å²) < 4.78 is 5.37. The van der Waals surface area contributed by atoms with Gasteiger partial charge in [-0.1, -0.05) is 52.6 Å². The van der Waals surface area contributed by atoms with E-state index in [1.165, 1.54) is 6.07 Å². The maximum absolute atomic E-state index is 12.6. The molecule has 0 spiro atoms. The summed E-state index contributed by atoms with van der Waals surface area (Å²) in [4.78, 5) is 18.0. The molecule has 0 aliphatic heterocycles. The van der Waals surface area contributed by atoms with Gasteiger partial charge in [0.25, 0.3) is 5.91 Å². The maximum Gasteiger partial charge on any atom is 0.257 e. The molecule has 0 radical (unpaired) electrons. The number of nitrogens with one attached hydrogen (secondary N) is 1. The van der Waals surface area contributed by atoms with E-state index in [-0.39, 0.29) is 5.91 Å². The number of nitrogens with zero attached hydrogens (tertiary/aromatic N) is 2. The highest BCUT2D eigenvalue weighted by Crippen LogP contribution is 2.25. The van der Waals surface area contributed by atoms with Crippen molar-refractivity contribution < 1.29 is 9.32 Å². The molecule has 8 heteroatoms. The van der Waals surface area contributed by atoms with Crippen LogP contribution in [-0.2, 0) is 6.42 Å². The van der Waals surface area contributed by atoms with Gasteiger partial charge in [-0.15, -0.1) is 11.3 Å². The second-order valence-electron chi connectivity index (χ2n) is 5.90. The molecule has 0 aliphatic rings. The van der Waals surface area contributed by atoms with Crippen molar-refractivity contribution in [2.24, 2.45) is 0 Å². The minimum atomic E-state index is -0.343. The Morgan fingerprint density at radius 2 is 1.96 bits per heavy atom. The van der Waals surface area contributed by atoms with Gasteiger partial charge < -0.3 is 9.84 Å². The molecular weight excluding hydrogens is 417 g/mol. The molecule has 0 atom stereocenters. The number of carbonyl (C=O) groups is 1. The number of amides is 1. The summed E-state index contributed by atoms with van der Waals surface area (Å²) in [6, 6.07) is 16.0. The highest BCUT2D eigenvalue weighted by molar-refractivity contribution is 7.13. The van der Waals surface area contributed by atoms with Crippen LogP contribution >= 0.6 is 34.5 Å². The zero-order valence-corrected chi connectivity index (χ0v) is 16.7. The highest BCUT2D eigenvalue weighted by atomic mass is 35.5. The van der Waals surface area contributed by atoms with Crippen molar-refractivity contribution in [2.45, 2.75) is 6.42 Å². The number of hydrogen-bond acceptors (Lipinski definition) is 5. The van der Waals surface area contributed by atoms with Gasteiger partial charge in [0.15, 0.2) is 0 Å². The van der Waals surface area contributed by atoms with Crippen molar-refractivity contribution in [3.63, 3.8) is 0 Å². The summed E-state index contributed by atoms with van der Waals surface area (Å²) in [7, 11) is 0. The Morgan fingerprint density at radius 3 is 2.79 bits per heavy atom. The normalized spacial score (nSPS) is 10.8. The van der Waals surface area contributed by atoms with Gasteiger partial charge in [0, 0.05) is 10.7 Å². The number of halogens is 2. The molecule has 0 fully saturated rings. The monoisotopic (exact) mass is 429 g/mol. The SMILES string of the molecule is O=C(Nc1ccccc1Cc1nc(-c2cccs2)no1)c1cc(Cl)ccc1Cl. The van der Waals surface area contributed by atoms with Crippen LogP contribution in [0.15, 0.2) is 64.5 Å². The molecule has 2 aromatic heterocycles. The quantitative estimate of drug-likeness (QED) is 0.425. The number of carbonyl (C=O) groups excluding carboxylic acids is 1. The van der Waals surface area contributed by atoms with Crippen molar-refractivity contribution in [1.29, 1.82) is 0 Å². The first-order valence-electron chi connectivity index (χ1n) is 8.31. The zero-order valence-electron chi connectivity index (χ0n) is 14.4. The standard InChI is InChI=1S/C20H13Cl2N3O2S/c21-13-7-8-15(22)14(11-13)20(26)23-16-5-2-1-4-12(16)10-18-24-19(25-27-18)17-6-3-9-28-17/h1-9,11H,10H2,(H,23,26). The predicted molar refractivity (Wildman–Crippen MR) is 111 cm³/mol. The smallest absolute Gasteiger partial charge is 0.257 e. The summed E-state index contributed by atoms with van der Waals surface area (Å²) in [6.45, 7) is 0. The first-order valence-corrected chi connectivity index (χ1v) is 9.94. The van der Waals surface area contributed by atoms with E-state index in [1.807, 2.05) is 41.8 Å². The summed E-state index contributed by atoms with van der Waals surface area (Å²) in [5.41, 5.74) is 1.79. The van der Waals surface area contributed by atoms with Crippen LogP contribution in [0.5, 0.6) is 0 Å². The molecule has 4 rings (SSSR count). The number of benzene rings is 2. The molecule has 2 heterocycles. The van der Waals surface area contributed by atoms with E-state index in [0.717, 1.165) is 10.4 Å². The molecule has 2 aromatic carbocycles. The molecule has 0 unspecified atom stereocenters. The molecule has 4 aromatic rings. The van der Waals surface area contributed by atoms with Gasteiger partial charge in [-0.05, 0) is 41.3 Å². The van der Waals surface area contributed by atoms with Crippen molar-refractivity contribution >= 4 is 46.1 Å².